The molecule has 15 heteroatoms. The molecule has 0 aromatic rings. The smallest absolute Gasteiger partial charge is 0.326 e. The van der Waals surface area contributed by atoms with E-state index in [1.54, 1.807) is 0 Å². The number of guanidine groups is 1. The molecule has 4 unspecified atom stereocenters. The van der Waals surface area contributed by atoms with Crippen LogP contribution in [0.15, 0.2) is 4.99 Å². The van der Waals surface area contributed by atoms with E-state index in [9.17, 15) is 34.2 Å². The third kappa shape index (κ3) is 11.7. The Morgan fingerprint density at radius 3 is 2.00 bits per heavy atom. The molecule has 3 amide bonds. The Morgan fingerprint density at radius 1 is 0.906 bits per heavy atom. The highest BCUT2D eigenvalue weighted by Gasteiger charge is 2.28. The number of hydrogen-bond acceptors (Lipinski definition) is 8. The van der Waals surface area contributed by atoms with E-state index in [-0.39, 0.29) is 38.2 Å². The summed E-state index contributed by atoms with van der Waals surface area (Å²) in [6, 6.07) is -5.13. The molecule has 0 fully saturated rings. The molecule has 0 radical (unpaired) electrons. The standard InChI is InChI=1S/C17H31N7O8/c1-8(22-14(29)9(18)4-5-12(26)27)13(28)24-11(7-25)15(30)23-10(16(31)32)3-2-6-21-17(19)20/h8-11,25H,2-7,18H2,1H3,(H,22,29)(H,23,30)(H,24,28)(H,26,27)(H,31,32)(H4,19,20,21). The molecule has 0 aromatic heterocycles. The second kappa shape index (κ2) is 14.5. The van der Waals surface area contributed by atoms with Gasteiger partial charge in [0.25, 0.3) is 0 Å². The SMILES string of the molecule is CC(NC(=O)C(N)CCC(=O)O)C(=O)NC(CO)C(=O)NC(CCCN=C(N)N)C(=O)O. The Labute approximate surface area is 183 Å². The topological polar surface area (TPSA) is 273 Å². The number of nitrogens with one attached hydrogen (secondary N) is 3. The molecule has 182 valence electrons. The summed E-state index contributed by atoms with van der Waals surface area (Å²) in [5, 5.41) is 33.9. The number of nitrogens with two attached hydrogens (primary N) is 3. The molecule has 0 aliphatic carbocycles. The number of aliphatic imine (C=N–C) groups is 1. The van der Waals surface area contributed by atoms with Crippen molar-refractivity contribution in [2.24, 2.45) is 22.2 Å². The fourth-order valence-corrected chi connectivity index (χ4v) is 2.32. The molecule has 0 rings (SSSR count). The lowest BCUT2D eigenvalue weighted by Crippen LogP contribution is -2.57. The van der Waals surface area contributed by atoms with Gasteiger partial charge in [-0.25, -0.2) is 4.79 Å². The van der Waals surface area contributed by atoms with Gasteiger partial charge in [0, 0.05) is 13.0 Å². The van der Waals surface area contributed by atoms with Crippen molar-refractivity contribution in [3.63, 3.8) is 0 Å². The lowest BCUT2D eigenvalue weighted by Gasteiger charge is -2.22. The largest absolute Gasteiger partial charge is 0.481 e. The highest BCUT2D eigenvalue weighted by molar-refractivity contribution is 5.94. The van der Waals surface area contributed by atoms with E-state index in [0.717, 1.165) is 0 Å². The van der Waals surface area contributed by atoms with Crippen molar-refractivity contribution in [3.8, 4) is 0 Å². The van der Waals surface area contributed by atoms with Crippen LogP contribution >= 0.6 is 0 Å². The number of rotatable bonds is 15. The van der Waals surface area contributed by atoms with Gasteiger partial charge in [-0.05, 0) is 26.2 Å². The summed E-state index contributed by atoms with van der Waals surface area (Å²) >= 11 is 0. The van der Waals surface area contributed by atoms with Crippen molar-refractivity contribution in [3.05, 3.63) is 0 Å². The molecule has 0 aliphatic heterocycles. The van der Waals surface area contributed by atoms with Gasteiger partial charge in [0.2, 0.25) is 17.7 Å². The number of aliphatic hydroxyl groups excluding tert-OH is 1. The van der Waals surface area contributed by atoms with Crippen molar-refractivity contribution >= 4 is 35.6 Å². The van der Waals surface area contributed by atoms with Gasteiger partial charge < -0.3 is 48.5 Å². The zero-order valence-corrected chi connectivity index (χ0v) is 17.6. The maximum Gasteiger partial charge on any atom is 0.326 e. The molecule has 0 aromatic carbocycles. The first-order chi connectivity index (χ1) is 14.9. The van der Waals surface area contributed by atoms with Gasteiger partial charge in [-0.15, -0.1) is 0 Å². The minimum atomic E-state index is -1.48. The van der Waals surface area contributed by atoms with Crippen molar-refractivity contribution in [1.29, 1.82) is 0 Å². The summed E-state index contributed by atoms with van der Waals surface area (Å²) in [7, 11) is 0. The van der Waals surface area contributed by atoms with Crippen LogP contribution in [-0.2, 0) is 24.0 Å². The molecule has 12 N–H and O–H groups in total. The Bertz CT molecular complexity index is 711. The second-order valence-electron chi connectivity index (χ2n) is 6.86. The summed E-state index contributed by atoms with van der Waals surface area (Å²) in [5.41, 5.74) is 15.9. The van der Waals surface area contributed by atoms with Crippen LogP contribution in [0, 0.1) is 0 Å². The molecule has 0 aliphatic rings. The number of hydrogen-bond donors (Lipinski definition) is 9. The average Bonchev–Trinajstić information content (AvgIpc) is 2.71. The molecule has 32 heavy (non-hydrogen) atoms. The van der Waals surface area contributed by atoms with Crippen molar-refractivity contribution in [1.82, 2.24) is 16.0 Å². The van der Waals surface area contributed by atoms with Crippen LogP contribution in [0.25, 0.3) is 0 Å². The van der Waals surface area contributed by atoms with E-state index >= 15 is 0 Å². The van der Waals surface area contributed by atoms with Gasteiger partial charge in [0.1, 0.15) is 18.1 Å². The van der Waals surface area contributed by atoms with E-state index in [1.807, 2.05) is 0 Å². The summed E-state index contributed by atoms with van der Waals surface area (Å²) in [5.74, 6) is -5.20. The average molecular weight is 461 g/mol. The maximum absolute atomic E-state index is 12.3. The highest BCUT2D eigenvalue weighted by atomic mass is 16.4. The van der Waals surface area contributed by atoms with E-state index in [4.69, 9.17) is 22.3 Å². The van der Waals surface area contributed by atoms with Gasteiger partial charge in [0.05, 0.1) is 12.6 Å². The maximum atomic E-state index is 12.3. The minimum Gasteiger partial charge on any atom is -0.481 e. The Hall–Kier alpha value is -3.46. The number of carbonyl (C=O) groups excluding carboxylic acids is 3. The molecular formula is C17H31N7O8. The molecule has 4 atom stereocenters. The van der Waals surface area contributed by atoms with E-state index in [2.05, 4.69) is 20.9 Å². The fourth-order valence-electron chi connectivity index (χ4n) is 2.32. The molecule has 0 heterocycles. The third-order valence-corrected chi connectivity index (χ3v) is 4.13. The van der Waals surface area contributed by atoms with E-state index < -0.39 is 60.4 Å². The number of nitrogens with zero attached hydrogens (tertiary/aromatic N) is 1. The Kier molecular flexibility index (Phi) is 13.0. The van der Waals surface area contributed by atoms with Gasteiger partial charge in [-0.1, -0.05) is 0 Å². The molecule has 15 nitrogen and oxygen atoms in total. The number of carbonyl (C=O) groups is 5. The van der Waals surface area contributed by atoms with Crippen LogP contribution in [0.1, 0.15) is 32.6 Å². The summed E-state index contributed by atoms with van der Waals surface area (Å²) in [6.07, 6.45) is -0.239. The Morgan fingerprint density at radius 2 is 1.50 bits per heavy atom. The van der Waals surface area contributed by atoms with Crippen LogP contribution in [0.4, 0.5) is 0 Å². The van der Waals surface area contributed by atoms with Gasteiger partial charge >= 0.3 is 11.9 Å². The van der Waals surface area contributed by atoms with Crippen LogP contribution in [-0.4, -0.2) is 88.3 Å². The number of carboxylic acid groups (broad SMARTS) is 2. The molecule has 0 bridgehead atoms. The van der Waals surface area contributed by atoms with Crippen molar-refractivity contribution < 1.29 is 39.3 Å². The highest BCUT2D eigenvalue weighted by Crippen LogP contribution is 2.00. The number of aliphatic carboxylic acids is 2. The first-order valence-electron chi connectivity index (χ1n) is 9.66. The zero-order valence-electron chi connectivity index (χ0n) is 17.6. The molecule has 0 saturated heterocycles. The third-order valence-electron chi connectivity index (χ3n) is 4.13. The first-order valence-corrected chi connectivity index (χ1v) is 9.66. The molecule has 0 saturated carbocycles. The molecular weight excluding hydrogens is 430 g/mol. The van der Waals surface area contributed by atoms with Gasteiger partial charge in [-0.2, -0.15) is 0 Å². The lowest BCUT2D eigenvalue weighted by molar-refractivity contribution is -0.143. The predicted molar refractivity (Wildman–Crippen MR) is 111 cm³/mol. The van der Waals surface area contributed by atoms with Crippen LogP contribution in [0.5, 0.6) is 0 Å². The van der Waals surface area contributed by atoms with Crippen molar-refractivity contribution in [2.75, 3.05) is 13.2 Å². The van der Waals surface area contributed by atoms with Crippen LogP contribution in [0.2, 0.25) is 0 Å². The predicted octanol–water partition coefficient (Wildman–Crippen LogP) is -4.22. The lowest BCUT2D eigenvalue weighted by atomic mass is 10.1. The van der Waals surface area contributed by atoms with E-state index in [0.29, 0.717) is 0 Å². The number of aliphatic hydroxyl groups is 1. The summed E-state index contributed by atoms with van der Waals surface area (Å²) < 4.78 is 0. The van der Waals surface area contributed by atoms with Crippen LogP contribution < -0.4 is 33.2 Å². The van der Waals surface area contributed by atoms with Gasteiger partial charge in [-0.3, -0.25) is 24.2 Å². The second-order valence-corrected chi connectivity index (χ2v) is 6.86. The monoisotopic (exact) mass is 461 g/mol. The van der Waals surface area contributed by atoms with Crippen molar-refractivity contribution in [2.45, 2.75) is 56.8 Å². The summed E-state index contributed by atoms with van der Waals surface area (Å²) in [6.45, 7) is 0.595. The van der Waals surface area contributed by atoms with E-state index in [1.165, 1.54) is 6.92 Å². The Balaban J connectivity index is 4.79. The quantitative estimate of drug-likeness (QED) is 0.0640. The normalized spacial score (nSPS) is 14.2. The fraction of sp³-hybridized carbons (Fsp3) is 0.647. The number of amides is 3. The zero-order chi connectivity index (χ0) is 24.8. The first kappa shape index (κ1) is 28.5. The van der Waals surface area contributed by atoms with Gasteiger partial charge in [0.15, 0.2) is 5.96 Å². The minimum absolute atomic E-state index is 0.00929. The van der Waals surface area contributed by atoms with Crippen LogP contribution in [0.3, 0.4) is 0 Å². The summed E-state index contributed by atoms with van der Waals surface area (Å²) in [4.78, 5) is 62.0. The molecule has 0 spiro atoms. The number of carboxylic acids is 2.